The molecule has 0 heterocycles. The average Bonchev–Trinajstić information content (AvgIpc) is 2.06. The van der Waals surface area contributed by atoms with Crippen LogP contribution in [0.25, 0.3) is 0 Å². The van der Waals surface area contributed by atoms with Gasteiger partial charge in [-0.3, -0.25) is 4.79 Å². The summed E-state index contributed by atoms with van der Waals surface area (Å²) in [6.45, 7) is 1.31. The van der Waals surface area contributed by atoms with Gasteiger partial charge in [0.15, 0.2) is 0 Å². The fraction of sp³-hybridized carbons (Fsp3) is 0.800. The van der Waals surface area contributed by atoms with Crippen molar-refractivity contribution in [2.75, 3.05) is 6.54 Å². The molecule has 0 bridgehead atoms. The highest BCUT2D eigenvalue weighted by atomic mass is 16.4. The fourth-order valence-electron chi connectivity index (χ4n) is 1.45. The summed E-state index contributed by atoms with van der Waals surface area (Å²) in [5.74, 6) is -1.09. The van der Waals surface area contributed by atoms with Gasteiger partial charge in [-0.2, -0.15) is 0 Å². The third-order valence-corrected chi connectivity index (χ3v) is 2.60. The Bertz CT molecular complexity index is 274. The molecule has 1 rings (SSSR count). The molecule has 1 fully saturated rings. The molecule has 1 saturated carbocycles. The molecule has 1 unspecified atom stereocenters. The third kappa shape index (κ3) is 4.48. The number of nitrogens with one attached hydrogen (secondary N) is 2. The van der Waals surface area contributed by atoms with Crippen LogP contribution in [-0.4, -0.2) is 40.4 Å². The molecule has 16 heavy (non-hydrogen) atoms. The molecule has 0 aromatic rings. The Morgan fingerprint density at radius 3 is 2.50 bits per heavy atom. The van der Waals surface area contributed by atoms with Gasteiger partial charge in [0.1, 0.15) is 0 Å². The first-order valence-electron chi connectivity index (χ1n) is 5.37. The maximum Gasteiger partial charge on any atom is 0.315 e. The Hall–Kier alpha value is -1.30. The van der Waals surface area contributed by atoms with Gasteiger partial charge in [0.2, 0.25) is 0 Å². The summed E-state index contributed by atoms with van der Waals surface area (Å²) < 4.78 is 0. The van der Waals surface area contributed by atoms with Gasteiger partial charge in [0, 0.05) is 12.6 Å². The molecule has 92 valence electrons. The van der Waals surface area contributed by atoms with Crippen LogP contribution < -0.4 is 10.6 Å². The molecule has 1 aliphatic rings. The van der Waals surface area contributed by atoms with Crippen LogP contribution in [0.15, 0.2) is 0 Å². The summed E-state index contributed by atoms with van der Waals surface area (Å²) >= 11 is 0. The molecular formula is C10H18N2O4. The van der Waals surface area contributed by atoms with Crippen molar-refractivity contribution >= 4 is 12.0 Å². The highest BCUT2D eigenvalue weighted by Crippen LogP contribution is 2.17. The van der Waals surface area contributed by atoms with Crippen LogP contribution >= 0.6 is 0 Å². The Morgan fingerprint density at radius 1 is 1.44 bits per heavy atom. The van der Waals surface area contributed by atoms with Crippen LogP contribution in [0.1, 0.15) is 32.6 Å². The topological polar surface area (TPSA) is 98.7 Å². The van der Waals surface area contributed by atoms with E-state index in [1.165, 1.54) is 6.92 Å². The zero-order valence-electron chi connectivity index (χ0n) is 9.32. The van der Waals surface area contributed by atoms with E-state index in [1.807, 2.05) is 0 Å². The van der Waals surface area contributed by atoms with Gasteiger partial charge in [-0.25, -0.2) is 4.79 Å². The van der Waals surface area contributed by atoms with Gasteiger partial charge in [-0.1, -0.05) is 0 Å². The van der Waals surface area contributed by atoms with Gasteiger partial charge >= 0.3 is 12.0 Å². The quantitative estimate of drug-likeness (QED) is 0.537. The molecule has 2 amide bonds. The van der Waals surface area contributed by atoms with Crippen molar-refractivity contribution in [2.45, 2.75) is 44.2 Å². The zero-order chi connectivity index (χ0) is 12.2. The largest absolute Gasteiger partial charge is 0.481 e. The van der Waals surface area contributed by atoms with Crippen LogP contribution in [0.2, 0.25) is 0 Å². The summed E-state index contributed by atoms with van der Waals surface area (Å²) in [6.07, 6.45) is 2.70. The Morgan fingerprint density at radius 2 is 2.06 bits per heavy atom. The minimum atomic E-state index is -1.41. The Balaban J connectivity index is 2.21. The number of hydrogen-bond donors (Lipinski definition) is 4. The number of urea groups is 1. The molecule has 1 atom stereocenters. The number of rotatable bonds is 5. The van der Waals surface area contributed by atoms with Crippen molar-refractivity contribution in [1.29, 1.82) is 0 Å². The van der Waals surface area contributed by atoms with E-state index in [0.717, 1.165) is 19.3 Å². The van der Waals surface area contributed by atoms with E-state index in [9.17, 15) is 14.7 Å². The molecule has 0 aliphatic heterocycles. The van der Waals surface area contributed by atoms with E-state index in [1.54, 1.807) is 0 Å². The van der Waals surface area contributed by atoms with Crippen LogP contribution in [0, 0.1) is 0 Å². The first-order valence-corrected chi connectivity index (χ1v) is 5.37. The highest BCUT2D eigenvalue weighted by Gasteiger charge is 2.25. The van der Waals surface area contributed by atoms with E-state index in [0.29, 0.717) is 0 Å². The number of aliphatic hydroxyl groups is 1. The molecule has 0 aromatic carbocycles. The third-order valence-electron chi connectivity index (χ3n) is 2.60. The van der Waals surface area contributed by atoms with E-state index < -0.39 is 18.0 Å². The second-order valence-electron chi connectivity index (χ2n) is 4.52. The first kappa shape index (κ1) is 12.8. The van der Waals surface area contributed by atoms with E-state index in [4.69, 9.17) is 5.11 Å². The second kappa shape index (κ2) is 5.16. The molecule has 0 spiro atoms. The second-order valence-corrected chi connectivity index (χ2v) is 4.52. The molecule has 0 aromatic heterocycles. The minimum Gasteiger partial charge on any atom is -0.481 e. The number of amides is 2. The molecule has 0 radical (unpaired) electrons. The predicted octanol–water partition coefficient (Wildman–Crippen LogP) is 0.0638. The summed E-state index contributed by atoms with van der Waals surface area (Å²) in [7, 11) is 0. The van der Waals surface area contributed by atoms with Crippen molar-refractivity contribution in [2.24, 2.45) is 0 Å². The maximum absolute atomic E-state index is 11.3. The number of hydrogen-bond acceptors (Lipinski definition) is 3. The number of carboxylic acid groups (broad SMARTS) is 1. The Labute approximate surface area is 94.0 Å². The molecule has 6 nitrogen and oxygen atoms in total. The standard InChI is InChI=1S/C10H18N2O4/c1-10(16,5-8(13)14)6-11-9(15)12-7-3-2-4-7/h7,16H,2-6H2,1H3,(H,13,14)(H2,11,12,15). The minimum absolute atomic E-state index is 0.0716. The summed E-state index contributed by atoms with van der Waals surface area (Å²) in [5.41, 5.74) is -1.41. The SMILES string of the molecule is CC(O)(CNC(=O)NC1CCC1)CC(=O)O. The van der Waals surface area contributed by atoms with Crippen LogP contribution in [0.4, 0.5) is 4.79 Å². The van der Waals surface area contributed by atoms with E-state index >= 15 is 0 Å². The maximum atomic E-state index is 11.3. The number of carbonyl (C=O) groups excluding carboxylic acids is 1. The lowest BCUT2D eigenvalue weighted by Gasteiger charge is -2.27. The van der Waals surface area contributed by atoms with Gasteiger partial charge in [-0.05, 0) is 26.2 Å². The smallest absolute Gasteiger partial charge is 0.315 e. The number of aliphatic carboxylic acids is 1. The monoisotopic (exact) mass is 230 g/mol. The molecule has 6 heteroatoms. The zero-order valence-corrected chi connectivity index (χ0v) is 9.32. The normalized spacial score (nSPS) is 19.4. The van der Waals surface area contributed by atoms with Gasteiger partial charge < -0.3 is 20.8 Å². The first-order chi connectivity index (χ1) is 7.39. The van der Waals surface area contributed by atoms with Crippen molar-refractivity contribution < 1.29 is 19.8 Å². The van der Waals surface area contributed by atoms with Gasteiger partial charge in [-0.15, -0.1) is 0 Å². The number of carboxylic acids is 1. The molecule has 4 N–H and O–H groups in total. The average molecular weight is 230 g/mol. The van der Waals surface area contributed by atoms with Crippen molar-refractivity contribution in [3.05, 3.63) is 0 Å². The van der Waals surface area contributed by atoms with Crippen molar-refractivity contribution in [3.8, 4) is 0 Å². The van der Waals surface area contributed by atoms with Crippen LogP contribution in [-0.2, 0) is 4.79 Å². The predicted molar refractivity (Wildman–Crippen MR) is 57.1 cm³/mol. The van der Waals surface area contributed by atoms with Crippen LogP contribution in [0.5, 0.6) is 0 Å². The van der Waals surface area contributed by atoms with Crippen molar-refractivity contribution in [3.63, 3.8) is 0 Å². The van der Waals surface area contributed by atoms with Gasteiger partial charge in [0.25, 0.3) is 0 Å². The van der Waals surface area contributed by atoms with E-state index in [-0.39, 0.29) is 18.6 Å². The molecule has 1 aliphatic carbocycles. The van der Waals surface area contributed by atoms with Crippen molar-refractivity contribution in [1.82, 2.24) is 10.6 Å². The lowest BCUT2D eigenvalue weighted by molar-refractivity contribution is -0.141. The van der Waals surface area contributed by atoms with Crippen LogP contribution in [0.3, 0.4) is 0 Å². The fourth-order valence-corrected chi connectivity index (χ4v) is 1.45. The lowest BCUT2D eigenvalue weighted by atomic mass is 9.93. The Kier molecular flexibility index (Phi) is 4.12. The van der Waals surface area contributed by atoms with Gasteiger partial charge in [0.05, 0.1) is 12.0 Å². The summed E-state index contributed by atoms with van der Waals surface area (Å²) in [5, 5.41) is 23.3. The number of carbonyl (C=O) groups is 2. The highest BCUT2D eigenvalue weighted by molar-refractivity contribution is 5.74. The molecular weight excluding hydrogens is 212 g/mol. The lowest BCUT2D eigenvalue weighted by Crippen LogP contribution is -2.49. The van der Waals surface area contributed by atoms with E-state index in [2.05, 4.69) is 10.6 Å². The summed E-state index contributed by atoms with van der Waals surface area (Å²) in [6, 6.07) is -0.125. The molecule has 0 saturated heterocycles. The summed E-state index contributed by atoms with van der Waals surface area (Å²) in [4.78, 5) is 21.7.